The van der Waals surface area contributed by atoms with Crippen molar-refractivity contribution in [1.29, 1.82) is 0 Å². The van der Waals surface area contributed by atoms with Crippen molar-refractivity contribution < 1.29 is 9.59 Å². The van der Waals surface area contributed by atoms with Crippen LogP contribution >= 0.6 is 35.8 Å². The number of halogens is 2. The zero-order valence-corrected chi connectivity index (χ0v) is 14.9. The van der Waals surface area contributed by atoms with Crippen molar-refractivity contribution >= 4 is 46.9 Å². The van der Waals surface area contributed by atoms with E-state index in [1.54, 1.807) is 4.90 Å². The third kappa shape index (κ3) is 4.12. The van der Waals surface area contributed by atoms with E-state index in [0.29, 0.717) is 24.7 Å². The van der Waals surface area contributed by atoms with Crippen LogP contribution in [0.25, 0.3) is 0 Å². The lowest BCUT2D eigenvalue weighted by atomic mass is 10.0. The molecule has 2 amide bonds. The van der Waals surface area contributed by atoms with Gasteiger partial charge in [-0.15, -0.1) is 12.4 Å². The lowest BCUT2D eigenvalue weighted by Gasteiger charge is -2.37. The van der Waals surface area contributed by atoms with Crippen LogP contribution in [0.3, 0.4) is 0 Å². The Kier molecular flexibility index (Phi) is 6.59. The van der Waals surface area contributed by atoms with Crippen molar-refractivity contribution in [3.8, 4) is 0 Å². The summed E-state index contributed by atoms with van der Waals surface area (Å²) in [4.78, 5) is 27.8. The third-order valence-corrected chi connectivity index (χ3v) is 5.24. The molecule has 8 heteroatoms. The van der Waals surface area contributed by atoms with Gasteiger partial charge in [-0.1, -0.05) is 41.6 Å². The smallest absolute Gasteiger partial charge is 0.282 e. The molecule has 1 aromatic carbocycles. The van der Waals surface area contributed by atoms with Gasteiger partial charge in [0.25, 0.3) is 5.24 Å². The summed E-state index contributed by atoms with van der Waals surface area (Å²) >= 11 is 7.56. The molecule has 23 heavy (non-hydrogen) atoms. The van der Waals surface area contributed by atoms with Crippen LogP contribution in [0.1, 0.15) is 11.6 Å². The number of thioether (sulfide) groups is 1. The fourth-order valence-corrected chi connectivity index (χ4v) is 3.94. The van der Waals surface area contributed by atoms with E-state index in [2.05, 4.69) is 5.32 Å². The van der Waals surface area contributed by atoms with Crippen molar-refractivity contribution in [3.05, 3.63) is 34.9 Å². The van der Waals surface area contributed by atoms with Crippen LogP contribution < -0.4 is 5.32 Å². The van der Waals surface area contributed by atoms with Crippen molar-refractivity contribution in [2.75, 3.05) is 38.5 Å². The highest BCUT2D eigenvalue weighted by Gasteiger charge is 2.32. The Morgan fingerprint density at radius 3 is 2.83 bits per heavy atom. The maximum atomic E-state index is 12.6. The second kappa shape index (κ2) is 8.24. The van der Waals surface area contributed by atoms with E-state index >= 15 is 0 Å². The third-order valence-electron chi connectivity index (χ3n) is 4.00. The van der Waals surface area contributed by atoms with Crippen LogP contribution in [0.2, 0.25) is 5.02 Å². The van der Waals surface area contributed by atoms with Crippen LogP contribution in [-0.4, -0.2) is 59.4 Å². The van der Waals surface area contributed by atoms with Gasteiger partial charge >= 0.3 is 0 Å². The Balaban J connectivity index is 0.00000192. The number of amides is 2. The lowest BCUT2D eigenvalue weighted by Crippen LogP contribution is -2.51. The van der Waals surface area contributed by atoms with Crippen LogP contribution in [0.5, 0.6) is 0 Å². The number of nitrogens with one attached hydrogen (secondary N) is 1. The number of carbonyl (C=O) groups is 2. The molecule has 0 radical (unpaired) electrons. The second-order valence-electron chi connectivity index (χ2n) is 5.36. The van der Waals surface area contributed by atoms with Crippen LogP contribution in [0.4, 0.5) is 4.79 Å². The molecule has 5 nitrogen and oxygen atoms in total. The summed E-state index contributed by atoms with van der Waals surface area (Å²) in [5.41, 5.74) is 0.951. The first kappa shape index (κ1) is 18.4. The van der Waals surface area contributed by atoms with E-state index < -0.39 is 0 Å². The minimum Gasteiger partial charge on any atom is -0.331 e. The molecule has 2 aliphatic heterocycles. The molecule has 3 rings (SSSR count). The van der Waals surface area contributed by atoms with Gasteiger partial charge < -0.3 is 15.1 Å². The molecule has 1 aromatic rings. The molecule has 1 unspecified atom stereocenters. The summed E-state index contributed by atoms with van der Waals surface area (Å²) in [6.45, 7) is 2.88. The minimum atomic E-state index is -0.0830. The van der Waals surface area contributed by atoms with Crippen molar-refractivity contribution in [2.24, 2.45) is 0 Å². The number of benzene rings is 1. The molecular formula is C15H19Cl2N3O2S. The maximum absolute atomic E-state index is 12.6. The predicted molar refractivity (Wildman–Crippen MR) is 95.5 cm³/mol. The number of rotatable bonds is 3. The van der Waals surface area contributed by atoms with E-state index in [1.807, 2.05) is 29.2 Å². The van der Waals surface area contributed by atoms with Crippen LogP contribution in [0.15, 0.2) is 24.3 Å². The molecule has 0 aliphatic carbocycles. The molecule has 2 heterocycles. The Labute approximate surface area is 151 Å². The number of piperazine rings is 1. The molecule has 2 fully saturated rings. The molecule has 1 atom stereocenters. The summed E-state index contributed by atoms with van der Waals surface area (Å²) in [5.74, 6) is 0.754. The van der Waals surface area contributed by atoms with E-state index in [9.17, 15) is 9.59 Å². The quantitative estimate of drug-likeness (QED) is 0.880. The van der Waals surface area contributed by atoms with Gasteiger partial charge in [-0.25, -0.2) is 0 Å². The SMILES string of the molecule is Cl.O=C1SCCN1CC(=O)N1CCNCC1c1ccccc1Cl. The number of carbonyl (C=O) groups excluding carboxylic acids is 2. The molecule has 0 bridgehead atoms. The summed E-state index contributed by atoms with van der Waals surface area (Å²) in [6.07, 6.45) is 0. The van der Waals surface area contributed by atoms with Gasteiger partial charge in [0.2, 0.25) is 5.91 Å². The maximum Gasteiger partial charge on any atom is 0.282 e. The lowest BCUT2D eigenvalue weighted by molar-refractivity contribution is -0.135. The number of hydrogen-bond acceptors (Lipinski definition) is 4. The number of hydrogen-bond donors (Lipinski definition) is 1. The zero-order chi connectivity index (χ0) is 15.5. The van der Waals surface area contributed by atoms with Crippen LogP contribution in [-0.2, 0) is 4.79 Å². The molecule has 126 valence electrons. The van der Waals surface area contributed by atoms with E-state index in [1.165, 1.54) is 11.8 Å². The number of nitrogens with zero attached hydrogens (tertiary/aromatic N) is 2. The summed E-state index contributed by atoms with van der Waals surface area (Å²) in [5, 5.41) is 3.98. The minimum absolute atomic E-state index is 0. The standard InChI is InChI=1S/C15H18ClN3O2S.ClH/c16-12-4-2-1-3-11(12)13-9-17-5-6-19(13)14(20)10-18-7-8-22-15(18)21;/h1-4,13,17H,5-10H2;1H. The molecule has 0 aromatic heterocycles. The highest BCUT2D eigenvalue weighted by atomic mass is 35.5. The highest BCUT2D eigenvalue weighted by molar-refractivity contribution is 8.13. The Hall–Kier alpha value is -0.950. The van der Waals surface area contributed by atoms with E-state index in [0.717, 1.165) is 17.9 Å². The van der Waals surface area contributed by atoms with Gasteiger partial charge in [-0.05, 0) is 11.6 Å². The largest absolute Gasteiger partial charge is 0.331 e. The topological polar surface area (TPSA) is 52.7 Å². The van der Waals surface area contributed by atoms with Crippen molar-refractivity contribution in [1.82, 2.24) is 15.1 Å². The van der Waals surface area contributed by atoms with Gasteiger partial charge in [-0.3, -0.25) is 9.59 Å². The van der Waals surface area contributed by atoms with E-state index in [4.69, 9.17) is 11.6 Å². The normalized spacial score (nSPS) is 21.3. The molecule has 0 spiro atoms. The molecular weight excluding hydrogens is 357 g/mol. The molecule has 1 N–H and O–H groups in total. The van der Waals surface area contributed by atoms with Crippen LogP contribution in [0, 0.1) is 0 Å². The summed E-state index contributed by atoms with van der Waals surface area (Å²) < 4.78 is 0. The Morgan fingerprint density at radius 1 is 1.35 bits per heavy atom. The van der Waals surface area contributed by atoms with Gasteiger partial charge in [0.15, 0.2) is 0 Å². The molecule has 0 saturated carbocycles. The van der Waals surface area contributed by atoms with Gasteiger partial charge in [0, 0.05) is 37.0 Å². The molecule has 2 aliphatic rings. The fourth-order valence-electron chi connectivity index (χ4n) is 2.85. The zero-order valence-electron chi connectivity index (χ0n) is 12.5. The monoisotopic (exact) mass is 375 g/mol. The van der Waals surface area contributed by atoms with Gasteiger partial charge in [0.05, 0.1) is 6.04 Å². The summed E-state index contributed by atoms with van der Waals surface area (Å²) in [7, 11) is 0. The highest BCUT2D eigenvalue weighted by Crippen LogP contribution is 2.29. The average molecular weight is 376 g/mol. The second-order valence-corrected chi connectivity index (χ2v) is 6.82. The first-order valence-corrected chi connectivity index (χ1v) is 8.69. The van der Waals surface area contributed by atoms with Crippen molar-refractivity contribution in [3.63, 3.8) is 0 Å². The fraction of sp³-hybridized carbons (Fsp3) is 0.467. The molecule has 2 saturated heterocycles. The van der Waals surface area contributed by atoms with E-state index in [-0.39, 0.29) is 36.1 Å². The average Bonchev–Trinajstić information content (AvgIpc) is 2.93. The van der Waals surface area contributed by atoms with Crippen molar-refractivity contribution in [2.45, 2.75) is 6.04 Å². The first-order valence-electron chi connectivity index (χ1n) is 7.33. The predicted octanol–water partition coefficient (Wildman–Crippen LogP) is 2.40. The Morgan fingerprint density at radius 2 is 2.13 bits per heavy atom. The van der Waals surface area contributed by atoms with Gasteiger partial charge in [-0.2, -0.15) is 0 Å². The first-order chi connectivity index (χ1) is 10.7. The summed E-state index contributed by atoms with van der Waals surface area (Å²) in [6, 6.07) is 7.53. The Bertz CT molecular complexity index is 588. The van der Waals surface area contributed by atoms with Gasteiger partial charge in [0.1, 0.15) is 6.54 Å².